The minimum Gasteiger partial charge on any atom is -0.461 e. The number of amides is 2. The van der Waals surface area contributed by atoms with Crippen LogP contribution in [0.2, 0.25) is 0 Å². The van der Waals surface area contributed by atoms with E-state index in [1.807, 2.05) is 0 Å². The van der Waals surface area contributed by atoms with E-state index in [0.29, 0.717) is 6.07 Å². The van der Waals surface area contributed by atoms with Crippen LogP contribution in [0.4, 0.5) is 13.2 Å². The van der Waals surface area contributed by atoms with Gasteiger partial charge in [-0.25, -0.2) is 0 Å². The predicted molar refractivity (Wildman–Crippen MR) is 92.7 cm³/mol. The molecule has 2 rings (SSSR count). The number of nitrogens with two attached hydrogens (primary N) is 1. The lowest BCUT2D eigenvalue weighted by molar-refractivity contribution is -0.146. The van der Waals surface area contributed by atoms with Crippen molar-refractivity contribution in [1.82, 2.24) is 5.32 Å². The average molecular weight is 394 g/mol. The van der Waals surface area contributed by atoms with E-state index in [-0.39, 0.29) is 12.2 Å². The third-order valence-electron chi connectivity index (χ3n) is 3.71. The summed E-state index contributed by atoms with van der Waals surface area (Å²) in [5.74, 6) is -2.78. The number of rotatable bonds is 7. The second-order valence-corrected chi connectivity index (χ2v) is 5.86. The average Bonchev–Trinajstić information content (AvgIpc) is 2.66. The highest BCUT2D eigenvalue weighted by Gasteiger charge is 2.31. The van der Waals surface area contributed by atoms with E-state index in [0.717, 1.165) is 23.8 Å². The molecular formula is C19H17F3N2O4. The van der Waals surface area contributed by atoms with E-state index in [4.69, 9.17) is 10.5 Å². The Labute approximate surface area is 158 Å². The molecule has 28 heavy (non-hydrogen) atoms. The summed E-state index contributed by atoms with van der Waals surface area (Å²) in [6.07, 6.45) is -5.17. The topological polar surface area (TPSA) is 98.5 Å². The molecule has 0 radical (unpaired) electrons. The number of hydrogen-bond donors (Lipinski definition) is 2. The molecule has 148 valence electrons. The molecule has 0 unspecified atom stereocenters. The number of alkyl halides is 3. The van der Waals surface area contributed by atoms with Gasteiger partial charge in [-0.1, -0.05) is 36.4 Å². The number of hydrogen-bond acceptors (Lipinski definition) is 4. The van der Waals surface area contributed by atoms with E-state index >= 15 is 0 Å². The van der Waals surface area contributed by atoms with E-state index in [9.17, 15) is 27.6 Å². The van der Waals surface area contributed by atoms with Crippen molar-refractivity contribution in [3.63, 3.8) is 0 Å². The number of carbonyl (C=O) groups is 3. The maximum Gasteiger partial charge on any atom is 0.416 e. The summed E-state index contributed by atoms with van der Waals surface area (Å²) in [4.78, 5) is 35.6. The molecule has 2 aromatic carbocycles. The maximum absolute atomic E-state index is 12.8. The minimum atomic E-state index is -4.62. The van der Waals surface area contributed by atoms with Crippen molar-refractivity contribution >= 4 is 17.8 Å². The second-order valence-electron chi connectivity index (χ2n) is 5.86. The maximum atomic E-state index is 12.8. The molecule has 2 amide bonds. The first-order valence-electron chi connectivity index (χ1n) is 8.14. The van der Waals surface area contributed by atoms with Gasteiger partial charge in [0.05, 0.1) is 12.0 Å². The molecule has 0 aliphatic rings. The molecule has 0 aliphatic heterocycles. The fraction of sp³-hybridized carbons (Fsp3) is 0.211. The van der Waals surface area contributed by atoms with Crippen molar-refractivity contribution in [2.45, 2.75) is 25.2 Å². The highest BCUT2D eigenvalue weighted by molar-refractivity contribution is 5.98. The van der Waals surface area contributed by atoms with Crippen LogP contribution in [0.1, 0.15) is 27.9 Å². The molecule has 2 aromatic rings. The molecule has 0 fully saturated rings. The second kappa shape index (κ2) is 9.03. The molecule has 0 aliphatic carbocycles. The molecule has 3 N–H and O–H groups in total. The van der Waals surface area contributed by atoms with Crippen LogP contribution in [0, 0.1) is 0 Å². The van der Waals surface area contributed by atoms with Crippen LogP contribution >= 0.6 is 0 Å². The first kappa shape index (κ1) is 20.9. The van der Waals surface area contributed by atoms with E-state index in [1.165, 1.54) is 0 Å². The Bertz CT molecular complexity index is 854. The normalized spacial score (nSPS) is 12.1. The molecule has 0 spiro atoms. The van der Waals surface area contributed by atoms with Gasteiger partial charge in [-0.2, -0.15) is 13.2 Å². The Hall–Kier alpha value is -3.36. The number of carbonyl (C=O) groups excluding carboxylic acids is 3. The first-order valence-corrected chi connectivity index (χ1v) is 8.14. The molecular weight excluding hydrogens is 377 g/mol. The lowest BCUT2D eigenvalue weighted by atomic mass is 10.1. The van der Waals surface area contributed by atoms with Crippen molar-refractivity contribution in [2.24, 2.45) is 5.73 Å². The van der Waals surface area contributed by atoms with Crippen LogP contribution in [-0.4, -0.2) is 23.8 Å². The fourth-order valence-electron chi connectivity index (χ4n) is 2.26. The van der Waals surface area contributed by atoms with E-state index < -0.39 is 42.0 Å². The van der Waals surface area contributed by atoms with Gasteiger partial charge in [0, 0.05) is 5.56 Å². The number of nitrogens with one attached hydrogen (secondary N) is 1. The highest BCUT2D eigenvalue weighted by Crippen LogP contribution is 2.29. The van der Waals surface area contributed by atoms with Crippen molar-refractivity contribution in [3.8, 4) is 0 Å². The SMILES string of the molecule is NC(=O)[C@@H](CC(=O)OCc1ccccc1)NC(=O)c1cccc(C(F)(F)F)c1. The molecule has 0 aromatic heterocycles. The molecule has 0 heterocycles. The van der Waals surface area contributed by atoms with Crippen LogP contribution in [0.5, 0.6) is 0 Å². The summed E-state index contributed by atoms with van der Waals surface area (Å²) >= 11 is 0. The summed E-state index contributed by atoms with van der Waals surface area (Å²) in [5.41, 5.74) is 4.56. The van der Waals surface area contributed by atoms with Crippen molar-refractivity contribution in [3.05, 3.63) is 71.3 Å². The summed E-state index contributed by atoms with van der Waals surface area (Å²) in [6.45, 7) is -0.0350. The standard InChI is InChI=1S/C19H17F3N2O4/c20-19(21,22)14-8-4-7-13(9-14)18(27)24-15(17(23)26)10-16(25)28-11-12-5-2-1-3-6-12/h1-9,15H,10-11H2,(H2,23,26)(H,24,27)/t15-/m1/s1. The first-order chi connectivity index (χ1) is 13.2. The van der Waals surface area contributed by atoms with Crippen LogP contribution < -0.4 is 11.1 Å². The fourth-order valence-corrected chi connectivity index (χ4v) is 2.26. The zero-order valence-electron chi connectivity index (χ0n) is 14.5. The lowest BCUT2D eigenvalue weighted by Gasteiger charge is -2.15. The van der Waals surface area contributed by atoms with Crippen LogP contribution in [0.25, 0.3) is 0 Å². The van der Waals surface area contributed by atoms with Crippen molar-refractivity contribution < 1.29 is 32.3 Å². The number of ether oxygens (including phenoxy) is 1. The van der Waals surface area contributed by atoms with Gasteiger partial charge in [-0.05, 0) is 23.8 Å². The quantitative estimate of drug-likeness (QED) is 0.705. The molecule has 6 nitrogen and oxygen atoms in total. The monoisotopic (exact) mass is 394 g/mol. The Morgan fingerprint density at radius 2 is 1.71 bits per heavy atom. The van der Waals surface area contributed by atoms with E-state index in [1.54, 1.807) is 30.3 Å². The number of halogens is 3. The summed E-state index contributed by atoms with van der Waals surface area (Å²) < 4.78 is 43.3. The Morgan fingerprint density at radius 3 is 2.32 bits per heavy atom. The Balaban J connectivity index is 1.99. The highest BCUT2D eigenvalue weighted by atomic mass is 19.4. The number of esters is 1. The summed E-state index contributed by atoms with van der Waals surface area (Å²) in [5, 5.41) is 2.16. The molecule has 0 saturated carbocycles. The summed E-state index contributed by atoms with van der Waals surface area (Å²) in [6, 6.07) is 11.0. The third kappa shape index (κ3) is 6.11. The zero-order valence-corrected chi connectivity index (χ0v) is 14.5. The molecule has 0 bridgehead atoms. The number of benzene rings is 2. The van der Waals surface area contributed by atoms with Crippen molar-refractivity contribution in [2.75, 3.05) is 0 Å². The largest absolute Gasteiger partial charge is 0.461 e. The van der Waals surface area contributed by atoms with E-state index in [2.05, 4.69) is 5.32 Å². The van der Waals surface area contributed by atoms with Crippen LogP contribution in [0.15, 0.2) is 54.6 Å². The van der Waals surface area contributed by atoms with Crippen LogP contribution in [-0.2, 0) is 27.1 Å². The van der Waals surface area contributed by atoms with Gasteiger partial charge in [0.2, 0.25) is 5.91 Å². The van der Waals surface area contributed by atoms with Gasteiger partial charge in [-0.3, -0.25) is 14.4 Å². The zero-order chi connectivity index (χ0) is 20.7. The van der Waals surface area contributed by atoms with Gasteiger partial charge < -0.3 is 15.8 Å². The summed E-state index contributed by atoms with van der Waals surface area (Å²) in [7, 11) is 0. The molecule has 1 atom stereocenters. The predicted octanol–water partition coefficient (Wildman–Crippen LogP) is 2.42. The van der Waals surface area contributed by atoms with Crippen molar-refractivity contribution in [1.29, 1.82) is 0 Å². The van der Waals surface area contributed by atoms with Gasteiger partial charge in [0.1, 0.15) is 12.6 Å². The lowest BCUT2D eigenvalue weighted by Crippen LogP contribution is -2.46. The number of primary amides is 1. The van der Waals surface area contributed by atoms with Gasteiger partial charge in [0.15, 0.2) is 0 Å². The van der Waals surface area contributed by atoms with Gasteiger partial charge >= 0.3 is 12.1 Å². The Morgan fingerprint density at radius 1 is 1.04 bits per heavy atom. The Kier molecular flexibility index (Phi) is 6.75. The minimum absolute atomic E-state index is 0.0350. The van der Waals surface area contributed by atoms with Crippen LogP contribution in [0.3, 0.4) is 0 Å². The van der Waals surface area contributed by atoms with Gasteiger partial charge in [-0.15, -0.1) is 0 Å². The molecule has 9 heteroatoms. The third-order valence-corrected chi connectivity index (χ3v) is 3.71. The smallest absolute Gasteiger partial charge is 0.416 e. The molecule has 0 saturated heterocycles. The van der Waals surface area contributed by atoms with Gasteiger partial charge in [0.25, 0.3) is 5.91 Å².